The van der Waals surface area contributed by atoms with Crippen molar-refractivity contribution in [1.29, 1.82) is 0 Å². The summed E-state index contributed by atoms with van der Waals surface area (Å²) in [5, 5.41) is 0. The van der Waals surface area contributed by atoms with Gasteiger partial charge in [-0.25, -0.2) is 0 Å². The summed E-state index contributed by atoms with van der Waals surface area (Å²) in [6.07, 6.45) is 2.22. The van der Waals surface area contributed by atoms with Crippen LogP contribution in [0.5, 0.6) is 0 Å². The van der Waals surface area contributed by atoms with Crippen molar-refractivity contribution >= 4 is 17.0 Å². The highest BCUT2D eigenvalue weighted by atomic mass is 19.1. The third kappa shape index (κ3) is 1.76. The number of halogens is 1. The standard InChI is InChI=1S/C11H11FN2O2/c12-5-1-3-7-9(11(13)15)10-8(16-7)4-2-6-14-10/h2,4,6H,1,3,5H2,(H2,13,15). The van der Waals surface area contributed by atoms with Crippen LogP contribution >= 0.6 is 0 Å². The molecule has 2 rings (SSSR count). The first-order chi connectivity index (χ1) is 7.74. The van der Waals surface area contributed by atoms with Gasteiger partial charge in [-0.2, -0.15) is 0 Å². The molecular weight excluding hydrogens is 211 g/mol. The number of fused-ring (bicyclic) bond motifs is 1. The smallest absolute Gasteiger partial charge is 0.254 e. The number of hydrogen-bond acceptors (Lipinski definition) is 3. The van der Waals surface area contributed by atoms with Gasteiger partial charge in [0, 0.05) is 12.6 Å². The first kappa shape index (κ1) is 10.6. The second-order valence-electron chi connectivity index (χ2n) is 3.41. The van der Waals surface area contributed by atoms with Crippen LogP contribution in [-0.4, -0.2) is 17.6 Å². The molecule has 1 amide bonds. The number of pyridine rings is 1. The number of amides is 1. The molecular formula is C11H11FN2O2. The molecule has 2 aromatic heterocycles. The van der Waals surface area contributed by atoms with Crippen LogP contribution in [0.2, 0.25) is 0 Å². The van der Waals surface area contributed by atoms with Gasteiger partial charge < -0.3 is 10.2 Å². The number of rotatable bonds is 4. The van der Waals surface area contributed by atoms with Crippen LogP contribution < -0.4 is 5.73 Å². The quantitative estimate of drug-likeness (QED) is 0.857. The highest BCUT2D eigenvalue weighted by Gasteiger charge is 2.18. The minimum absolute atomic E-state index is 0.268. The zero-order valence-corrected chi connectivity index (χ0v) is 8.57. The number of nitrogens with zero attached hydrogens (tertiary/aromatic N) is 1. The number of primary amides is 1. The van der Waals surface area contributed by atoms with Crippen molar-refractivity contribution in [2.75, 3.05) is 6.67 Å². The van der Waals surface area contributed by atoms with E-state index in [1.165, 1.54) is 0 Å². The first-order valence-corrected chi connectivity index (χ1v) is 4.96. The van der Waals surface area contributed by atoms with Gasteiger partial charge in [0.05, 0.1) is 6.67 Å². The summed E-state index contributed by atoms with van der Waals surface area (Å²) < 4.78 is 17.5. The molecule has 0 fully saturated rings. The number of carbonyl (C=O) groups is 1. The summed E-state index contributed by atoms with van der Waals surface area (Å²) in [6.45, 7) is -0.456. The molecule has 84 valence electrons. The summed E-state index contributed by atoms with van der Waals surface area (Å²) in [4.78, 5) is 15.3. The molecule has 0 saturated heterocycles. The number of hydrogen-bond donors (Lipinski definition) is 1. The van der Waals surface area contributed by atoms with Crippen LogP contribution in [0.15, 0.2) is 22.7 Å². The Bertz CT molecular complexity index is 522. The van der Waals surface area contributed by atoms with Crippen LogP contribution in [0.4, 0.5) is 4.39 Å². The van der Waals surface area contributed by atoms with Crippen LogP contribution in [0, 0.1) is 0 Å². The summed E-state index contributed by atoms with van der Waals surface area (Å²) in [7, 11) is 0. The molecule has 2 heterocycles. The van der Waals surface area contributed by atoms with Crippen LogP contribution in [0.3, 0.4) is 0 Å². The molecule has 2 aromatic rings. The molecule has 0 radical (unpaired) electrons. The molecule has 4 nitrogen and oxygen atoms in total. The van der Waals surface area contributed by atoms with Gasteiger partial charge in [-0.05, 0) is 18.6 Å². The Hall–Kier alpha value is -1.91. The maximum absolute atomic E-state index is 12.1. The van der Waals surface area contributed by atoms with E-state index in [-0.39, 0.29) is 5.56 Å². The van der Waals surface area contributed by atoms with Gasteiger partial charge >= 0.3 is 0 Å². The molecule has 0 spiro atoms. The van der Waals surface area contributed by atoms with Crippen molar-refractivity contribution in [3.05, 3.63) is 29.7 Å². The minimum Gasteiger partial charge on any atom is -0.459 e. The molecule has 0 aliphatic heterocycles. The number of aromatic nitrogens is 1. The van der Waals surface area contributed by atoms with Crippen molar-refractivity contribution in [1.82, 2.24) is 4.98 Å². The van der Waals surface area contributed by atoms with Gasteiger partial charge in [0.15, 0.2) is 5.58 Å². The van der Waals surface area contributed by atoms with Crippen molar-refractivity contribution in [2.45, 2.75) is 12.8 Å². The maximum atomic E-state index is 12.1. The largest absolute Gasteiger partial charge is 0.459 e. The SMILES string of the molecule is NC(=O)c1c(CCCF)oc2cccnc12. The fourth-order valence-corrected chi connectivity index (χ4v) is 1.63. The molecule has 0 atom stereocenters. The van der Waals surface area contributed by atoms with Crippen LogP contribution in [-0.2, 0) is 6.42 Å². The minimum atomic E-state index is -0.591. The van der Waals surface area contributed by atoms with E-state index in [9.17, 15) is 9.18 Å². The third-order valence-corrected chi connectivity index (χ3v) is 2.30. The average molecular weight is 222 g/mol. The third-order valence-electron chi connectivity index (χ3n) is 2.30. The monoisotopic (exact) mass is 222 g/mol. The second-order valence-corrected chi connectivity index (χ2v) is 3.41. The van der Waals surface area contributed by atoms with E-state index in [0.717, 1.165) is 0 Å². The van der Waals surface area contributed by atoms with Crippen LogP contribution in [0.25, 0.3) is 11.1 Å². The summed E-state index contributed by atoms with van der Waals surface area (Å²) in [6, 6.07) is 3.41. The second kappa shape index (κ2) is 4.30. The molecule has 0 aliphatic carbocycles. The zero-order chi connectivity index (χ0) is 11.5. The fourth-order valence-electron chi connectivity index (χ4n) is 1.63. The van der Waals surface area contributed by atoms with Crippen molar-refractivity contribution in [3.63, 3.8) is 0 Å². The Morgan fingerprint density at radius 3 is 3.06 bits per heavy atom. The lowest BCUT2D eigenvalue weighted by atomic mass is 10.1. The van der Waals surface area contributed by atoms with E-state index in [1.54, 1.807) is 18.3 Å². The Balaban J connectivity index is 2.54. The Kier molecular flexibility index (Phi) is 2.85. The summed E-state index contributed by atoms with van der Waals surface area (Å²) in [5.41, 5.74) is 6.48. The highest BCUT2D eigenvalue weighted by molar-refractivity contribution is 6.04. The molecule has 5 heteroatoms. The average Bonchev–Trinajstić information content (AvgIpc) is 2.64. The van der Waals surface area contributed by atoms with Gasteiger partial charge in [-0.1, -0.05) is 0 Å². The molecule has 0 bridgehead atoms. The topological polar surface area (TPSA) is 69.1 Å². The molecule has 2 N–H and O–H groups in total. The highest BCUT2D eigenvalue weighted by Crippen LogP contribution is 2.24. The van der Waals surface area contributed by atoms with E-state index in [4.69, 9.17) is 10.2 Å². The number of alkyl halides is 1. The Labute approximate surface area is 91.3 Å². The summed E-state index contributed by atoms with van der Waals surface area (Å²) in [5.74, 6) is -0.176. The maximum Gasteiger partial charge on any atom is 0.254 e. The van der Waals surface area contributed by atoms with Gasteiger partial charge in [-0.3, -0.25) is 14.2 Å². The predicted molar refractivity (Wildman–Crippen MR) is 56.8 cm³/mol. The van der Waals surface area contributed by atoms with Crippen molar-refractivity contribution in [2.24, 2.45) is 5.73 Å². The van der Waals surface area contributed by atoms with Crippen molar-refractivity contribution in [3.8, 4) is 0 Å². The normalized spacial score (nSPS) is 10.8. The van der Waals surface area contributed by atoms with Gasteiger partial charge in [0.25, 0.3) is 5.91 Å². The Morgan fingerprint density at radius 2 is 2.38 bits per heavy atom. The van der Waals surface area contributed by atoms with E-state index in [1.807, 2.05) is 0 Å². The lowest BCUT2D eigenvalue weighted by molar-refractivity contribution is 0.0999. The number of carbonyl (C=O) groups excluding carboxylic acids is 1. The Morgan fingerprint density at radius 1 is 1.56 bits per heavy atom. The number of aryl methyl sites for hydroxylation is 1. The van der Waals surface area contributed by atoms with Crippen molar-refractivity contribution < 1.29 is 13.6 Å². The van der Waals surface area contributed by atoms with Gasteiger partial charge in [0.2, 0.25) is 0 Å². The number of furan rings is 1. The molecule has 0 saturated carbocycles. The molecule has 0 aliphatic rings. The first-order valence-electron chi connectivity index (χ1n) is 4.96. The zero-order valence-electron chi connectivity index (χ0n) is 8.57. The fraction of sp³-hybridized carbons (Fsp3) is 0.273. The van der Waals surface area contributed by atoms with E-state index in [0.29, 0.717) is 29.7 Å². The summed E-state index contributed by atoms with van der Waals surface area (Å²) >= 11 is 0. The molecule has 0 unspecified atom stereocenters. The molecule has 16 heavy (non-hydrogen) atoms. The molecule has 0 aromatic carbocycles. The van der Waals surface area contributed by atoms with Crippen LogP contribution in [0.1, 0.15) is 22.5 Å². The number of nitrogens with two attached hydrogens (primary N) is 1. The predicted octanol–water partition coefficient (Wildman–Crippen LogP) is 1.83. The van der Waals surface area contributed by atoms with E-state index < -0.39 is 12.6 Å². The lowest BCUT2D eigenvalue weighted by Crippen LogP contribution is -2.13. The van der Waals surface area contributed by atoms with E-state index >= 15 is 0 Å². The van der Waals surface area contributed by atoms with Gasteiger partial charge in [0.1, 0.15) is 16.8 Å². The van der Waals surface area contributed by atoms with E-state index in [2.05, 4.69) is 4.98 Å². The lowest BCUT2D eigenvalue weighted by Gasteiger charge is -1.96. The van der Waals surface area contributed by atoms with Gasteiger partial charge in [-0.15, -0.1) is 0 Å².